The van der Waals surface area contributed by atoms with Gasteiger partial charge in [0.2, 0.25) is 0 Å². The number of ether oxygens (including phenoxy) is 2. The normalized spacial score (nSPS) is 14.3. The Balaban J connectivity index is 0.694. The van der Waals surface area contributed by atoms with Crippen LogP contribution in [-0.4, -0.2) is 0 Å². The maximum absolute atomic E-state index is 6.46. The van der Waals surface area contributed by atoms with E-state index < -0.39 is 10.8 Å². The van der Waals surface area contributed by atoms with Crippen molar-refractivity contribution in [1.82, 2.24) is 0 Å². The molecule has 16 aromatic carbocycles. The average Bonchev–Trinajstić information content (AvgIpc) is 1.54. The molecule has 18 rings (SSSR count). The van der Waals surface area contributed by atoms with E-state index in [1.165, 1.54) is 76.6 Å². The molecule has 0 N–H and O–H groups in total. The smallest absolute Gasteiger partial charge is 0.127 e. The number of nitrogens with zero attached hydrogens (tertiary/aromatic N) is 2. The predicted octanol–water partition coefficient (Wildman–Crippen LogP) is 28.5. The molecule has 2 atom stereocenters. The van der Waals surface area contributed by atoms with Crippen molar-refractivity contribution in [2.45, 2.75) is 32.1 Å². The number of hydrogen-bond donors (Lipinski definition) is 0. The maximum Gasteiger partial charge on any atom is 0.127 e. The van der Waals surface area contributed by atoms with Gasteiger partial charge in [0, 0.05) is 55.4 Å². The third-order valence-corrected chi connectivity index (χ3v) is 23.7. The molecule has 16 aromatic rings. The van der Waals surface area contributed by atoms with Crippen LogP contribution in [0.5, 0.6) is 23.0 Å². The minimum Gasteiger partial charge on any atom is -0.457 e. The summed E-state index contributed by atoms with van der Waals surface area (Å²) in [5.41, 5.74) is 26.4. The summed E-state index contributed by atoms with van der Waals surface area (Å²) in [5.74, 6) is 4.88. The van der Waals surface area contributed by atoms with Crippen LogP contribution in [-0.2, 0) is 22.3 Å². The highest BCUT2D eigenvalue weighted by atomic mass is 32.2. The molecular formula is C104H76N2O2S2. The molecule has 110 heavy (non-hydrogen) atoms. The molecule has 2 aliphatic rings. The molecule has 4 nitrogen and oxygen atoms in total. The van der Waals surface area contributed by atoms with Crippen molar-refractivity contribution in [2.75, 3.05) is 9.80 Å². The first kappa shape index (κ1) is 68.7. The zero-order chi connectivity index (χ0) is 73.8. The third-order valence-electron chi connectivity index (χ3n) is 21.5. The number of anilines is 6. The van der Waals surface area contributed by atoms with E-state index in [1.54, 1.807) is 0 Å². The van der Waals surface area contributed by atoms with Crippen molar-refractivity contribution in [3.05, 3.63) is 480 Å². The number of fused-ring (bicyclic) bond motifs is 6. The Kier molecular flexibility index (Phi) is 18.9. The van der Waals surface area contributed by atoms with Crippen molar-refractivity contribution in [3.63, 3.8) is 0 Å². The molecule has 526 valence electrons. The zero-order valence-electron chi connectivity index (χ0n) is 60.6. The van der Waals surface area contributed by atoms with E-state index in [9.17, 15) is 0 Å². The predicted molar refractivity (Wildman–Crippen MR) is 461 cm³/mol. The Morgan fingerprint density at radius 2 is 0.545 bits per heavy atom. The minimum absolute atomic E-state index is 0.693. The van der Waals surface area contributed by atoms with Gasteiger partial charge in [0.15, 0.2) is 0 Å². The molecule has 0 aliphatic heterocycles. The van der Waals surface area contributed by atoms with E-state index in [0.29, 0.717) is 0 Å². The fraction of sp³-hybridized carbons (Fsp3) is 0.0385. The van der Waals surface area contributed by atoms with Crippen LogP contribution >= 0.6 is 23.5 Å². The van der Waals surface area contributed by atoms with Gasteiger partial charge in [-0.1, -0.05) is 280 Å². The van der Waals surface area contributed by atoms with Crippen LogP contribution < -0.4 is 19.3 Å². The zero-order valence-corrected chi connectivity index (χ0v) is 62.2. The Labute approximate surface area is 653 Å². The van der Waals surface area contributed by atoms with Crippen LogP contribution in [0.2, 0.25) is 0 Å². The summed E-state index contributed by atoms with van der Waals surface area (Å²) in [5, 5.41) is 0. The lowest BCUT2D eigenvalue weighted by Gasteiger charge is -2.35. The summed E-state index contributed by atoms with van der Waals surface area (Å²) in [6.07, 6.45) is 3.79. The molecule has 2 aliphatic carbocycles. The second kappa shape index (κ2) is 30.3. The summed E-state index contributed by atoms with van der Waals surface area (Å²) in [6.45, 7) is 7.92. The number of benzene rings is 16. The quantitative estimate of drug-likeness (QED) is 0.0592. The van der Waals surface area contributed by atoms with Crippen LogP contribution in [0.4, 0.5) is 34.1 Å². The van der Waals surface area contributed by atoms with Crippen molar-refractivity contribution < 1.29 is 9.47 Å². The Morgan fingerprint density at radius 3 is 0.900 bits per heavy atom. The molecule has 0 aromatic heterocycles. The number of hydrogen-bond acceptors (Lipinski definition) is 6. The third kappa shape index (κ3) is 13.1. The van der Waals surface area contributed by atoms with E-state index in [4.69, 9.17) is 9.47 Å². The van der Waals surface area contributed by atoms with Gasteiger partial charge in [-0.25, -0.2) is 0 Å². The molecule has 0 spiro atoms. The van der Waals surface area contributed by atoms with E-state index in [2.05, 4.69) is 363 Å². The molecule has 0 amide bonds. The minimum atomic E-state index is -0.693. The Morgan fingerprint density at radius 1 is 0.255 bits per heavy atom. The van der Waals surface area contributed by atoms with Gasteiger partial charge in [-0.3, -0.25) is 0 Å². The fourth-order valence-corrected chi connectivity index (χ4v) is 18.0. The van der Waals surface area contributed by atoms with E-state index in [-0.39, 0.29) is 0 Å². The van der Waals surface area contributed by atoms with E-state index in [0.717, 1.165) is 102 Å². The van der Waals surface area contributed by atoms with Crippen LogP contribution in [0.1, 0.15) is 66.8 Å². The molecule has 0 heterocycles. The summed E-state index contributed by atoms with van der Waals surface area (Å²) in [7, 11) is 0. The van der Waals surface area contributed by atoms with Gasteiger partial charge >= 0.3 is 0 Å². The standard InChI is InChI=1S/C104H76N2O2S2/c1-3-73-33-37-75(38-34-73)71-109-93-63-49-81(50-64-93)103(79-45-59-91(60-46-79)107-89-25-13-7-14-26-89)99-31-19-17-29-95(99)97-67-57-87(69-101(97)103)105(83-21-9-5-10-22-83)85-53-41-77(42-54-85)78-43-55-86(56-44-78)106(84-23-11-6-12-24-84)88-58-68-98-96-30-18-20-32-100(96)104(102(98)70-88,80-47-61-92(62-48-80)108-90-27-15-8-16-28-90)82-51-65-94(66-52-82)110-72-76-39-35-74(4-2)36-40-76/h3-70H,1-2,71-72H2. The molecule has 0 bridgehead atoms. The monoisotopic (exact) mass is 1450 g/mol. The number of rotatable bonds is 23. The summed E-state index contributed by atoms with van der Waals surface area (Å²) < 4.78 is 12.9. The Hall–Kier alpha value is -13.1. The second-order valence-corrected chi connectivity index (χ2v) is 30.0. The van der Waals surface area contributed by atoms with Crippen molar-refractivity contribution in [1.29, 1.82) is 0 Å². The van der Waals surface area contributed by atoms with Crippen molar-refractivity contribution >= 4 is 69.8 Å². The SMILES string of the molecule is C=Cc1ccc(CSc2ccc(C3(c4ccc(Oc5ccccc5)cc4)c4ccccc4-c4ccc(N(c5ccccc5)c5ccc(-c6ccc(N(c7ccccc7)c7ccc8c(c7)C(c7ccc(Oc9ccccc9)cc7)(c7ccc(SCc9ccc(C=C)cc9)cc7)c7ccccc7-8)cc6)cc5)cc43)cc2)cc1. The second-order valence-electron chi connectivity index (χ2n) is 27.9. The lowest BCUT2D eigenvalue weighted by atomic mass is 9.67. The van der Waals surface area contributed by atoms with Crippen LogP contribution in [0.15, 0.2) is 423 Å². The molecule has 0 fully saturated rings. The van der Waals surface area contributed by atoms with Gasteiger partial charge in [0.05, 0.1) is 10.8 Å². The first-order chi connectivity index (χ1) is 54.4. The molecule has 2 unspecified atom stereocenters. The summed E-state index contributed by atoms with van der Waals surface area (Å²) in [4.78, 5) is 7.22. The topological polar surface area (TPSA) is 24.9 Å². The molecule has 6 heteroatoms. The largest absolute Gasteiger partial charge is 0.457 e. The number of thioether (sulfide) groups is 2. The van der Waals surface area contributed by atoms with Gasteiger partial charge in [-0.15, -0.1) is 23.5 Å². The van der Waals surface area contributed by atoms with Crippen LogP contribution in [0.3, 0.4) is 0 Å². The summed E-state index contributed by atoms with van der Waals surface area (Å²) in [6, 6.07) is 145. The maximum atomic E-state index is 6.46. The highest BCUT2D eigenvalue weighted by Crippen LogP contribution is 2.60. The van der Waals surface area contributed by atoms with Crippen molar-refractivity contribution in [2.24, 2.45) is 0 Å². The highest BCUT2D eigenvalue weighted by molar-refractivity contribution is 7.98. The first-order valence-corrected chi connectivity index (χ1v) is 39.3. The summed E-state index contributed by atoms with van der Waals surface area (Å²) >= 11 is 3.71. The molecule has 0 radical (unpaired) electrons. The number of para-hydroxylation sites is 4. The van der Waals surface area contributed by atoms with Gasteiger partial charge in [-0.2, -0.15) is 0 Å². The fourth-order valence-electron chi connectivity index (χ4n) is 16.3. The first-order valence-electron chi connectivity index (χ1n) is 37.3. The lowest BCUT2D eigenvalue weighted by Crippen LogP contribution is -2.28. The van der Waals surface area contributed by atoms with Gasteiger partial charge in [0.1, 0.15) is 23.0 Å². The van der Waals surface area contributed by atoms with E-state index in [1.807, 2.05) is 96.3 Å². The van der Waals surface area contributed by atoms with Gasteiger partial charge < -0.3 is 19.3 Å². The highest BCUT2D eigenvalue weighted by Gasteiger charge is 2.48. The van der Waals surface area contributed by atoms with Crippen LogP contribution in [0.25, 0.3) is 45.5 Å². The Bertz CT molecular complexity index is 5570. The van der Waals surface area contributed by atoms with Crippen LogP contribution in [0, 0.1) is 0 Å². The molecule has 0 saturated carbocycles. The van der Waals surface area contributed by atoms with Gasteiger partial charge in [-0.05, 0) is 246 Å². The van der Waals surface area contributed by atoms with Gasteiger partial charge in [0.25, 0.3) is 0 Å². The average molecular weight is 1450 g/mol. The van der Waals surface area contributed by atoms with E-state index >= 15 is 0 Å². The lowest BCUT2D eigenvalue weighted by molar-refractivity contribution is 0.482. The molecule has 0 saturated heterocycles. The molecular weight excluding hydrogens is 1370 g/mol. The van der Waals surface area contributed by atoms with Crippen molar-refractivity contribution in [3.8, 4) is 56.4 Å².